The Bertz CT molecular complexity index is 1860. The van der Waals surface area contributed by atoms with Gasteiger partial charge in [-0.3, -0.25) is 0 Å². The van der Waals surface area contributed by atoms with Crippen LogP contribution in [-0.4, -0.2) is 0 Å². The van der Waals surface area contributed by atoms with Crippen LogP contribution < -0.4 is 0 Å². The molecular formula is C38H27N. The normalized spacial score (nSPS) is 11.2. The van der Waals surface area contributed by atoms with Crippen molar-refractivity contribution in [3.8, 4) is 39.4 Å². The minimum atomic E-state index is 0.671. The molecule has 184 valence electrons. The van der Waals surface area contributed by atoms with Crippen LogP contribution in [0.2, 0.25) is 0 Å². The van der Waals surface area contributed by atoms with Crippen LogP contribution in [0.3, 0.4) is 0 Å². The maximum absolute atomic E-state index is 9.14. The van der Waals surface area contributed by atoms with Crippen LogP contribution in [0.4, 0.5) is 0 Å². The van der Waals surface area contributed by atoms with Crippen LogP contribution in [0.1, 0.15) is 23.6 Å². The first-order chi connectivity index (χ1) is 19.2. The Balaban J connectivity index is 1.61. The fraction of sp³-hybridized carbons (Fsp3) is 0.0263. The average Bonchev–Trinajstić information content (AvgIpc) is 3.00. The molecule has 0 radical (unpaired) electrons. The third-order valence-electron chi connectivity index (χ3n) is 7.41. The minimum absolute atomic E-state index is 0.671. The zero-order valence-corrected chi connectivity index (χ0v) is 21.9. The molecule has 0 aliphatic rings. The van der Waals surface area contributed by atoms with Crippen molar-refractivity contribution >= 4 is 33.7 Å². The fourth-order valence-electron chi connectivity index (χ4n) is 5.65. The van der Waals surface area contributed by atoms with Crippen LogP contribution in [0.5, 0.6) is 0 Å². The van der Waals surface area contributed by atoms with Gasteiger partial charge in [0.25, 0.3) is 0 Å². The maximum Gasteiger partial charge on any atom is 0.0991 e. The van der Waals surface area contributed by atoms with Gasteiger partial charge in [0.15, 0.2) is 0 Å². The minimum Gasteiger partial charge on any atom is -0.192 e. The van der Waals surface area contributed by atoms with Gasteiger partial charge >= 0.3 is 0 Å². The molecule has 0 N–H and O–H groups in total. The van der Waals surface area contributed by atoms with Crippen LogP contribution in [0, 0.1) is 11.3 Å². The Morgan fingerprint density at radius 3 is 1.62 bits per heavy atom. The fourth-order valence-corrected chi connectivity index (χ4v) is 5.65. The summed E-state index contributed by atoms with van der Waals surface area (Å²) in [6.45, 7) is 6.23. The molecule has 6 aromatic rings. The largest absolute Gasteiger partial charge is 0.192 e. The van der Waals surface area contributed by atoms with Gasteiger partial charge in [0.1, 0.15) is 0 Å². The highest BCUT2D eigenvalue weighted by atomic mass is 14.2. The van der Waals surface area contributed by atoms with Crippen LogP contribution in [0.25, 0.3) is 67.1 Å². The molecule has 0 atom stereocenters. The Hall–Kier alpha value is -5.19. The van der Waals surface area contributed by atoms with Crippen molar-refractivity contribution in [2.24, 2.45) is 0 Å². The van der Waals surface area contributed by atoms with Gasteiger partial charge in [-0.1, -0.05) is 128 Å². The summed E-state index contributed by atoms with van der Waals surface area (Å²) in [5.74, 6) is 0. The molecule has 0 unspecified atom stereocenters. The van der Waals surface area contributed by atoms with Gasteiger partial charge < -0.3 is 0 Å². The Labute approximate surface area is 229 Å². The first kappa shape index (κ1) is 24.2. The predicted molar refractivity (Wildman–Crippen MR) is 167 cm³/mol. The molecule has 6 rings (SSSR count). The summed E-state index contributed by atoms with van der Waals surface area (Å²) in [6, 6.07) is 42.6. The summed E-state index contributed by atoms with van der Waals surface area (Å²) >= 11 is 0. The molecule has 0 bridgehead atoms. The molecule has 0 heterocycles. The van der Waals surface area contributed by atoms with Gasteiger partial charge in [-0.2, -0.15) is 5.26 Å². The molecule has 0 aliphatic carbocycles. The van der Waals surface area contributed by atoms with Crippen LogP contribution in [-0.2, 0) is 0 Å². The molecule has 0 amide bonds. The predicted octanol–water partition coefficient (Wildman–Crippen LogP) is 10.5. The number of nitrogens with zero attached hydrogens (tertiary/aromatic N) is 1. The van der Waals surface area contributed by atoms with Crippen molar-refractivity contribution < 1.29 is 0 Å². The number of hydrogen-bond donors (Lipinski definition) is 0. The summed E-state index contributed by atoms with van der Waals surface area (Å²) in [6.07, 6.45) is 6.20. The lowest BCUT2D eigenvalue weighted by molar-refractivity contribution is 1.48. The smallest absolute Gasteiger partial charge is 0.0991 e. The molecule has 1 heteroatoms. The van der Waals surface area contributed by atoms with Gasteiger partial charge in [0.2, 0.25) is 0 Å². The van der Waals surface area contributed by atoms with Gasteiger partial charge in [-0.15, -0.1) is 0 Å². The zero-order chi connectivity index (χ0) is 26.8. The monoisotopic (exact) mass is 497 g/mol. The van der Waals surface area contributed by atoms with Gasteiger partial charge in [-0.05, 0) is 85.1 Å². The Morgan fingerprint density at radius 2 is 1.10 bits per heavy atom. The number of hydrogen-bond acceptors (Lipinski definition) is 1. The third-order valence-corrected chi connectivity index (χ3v) is 7.41. The van der Waals surface area contributed by atoms with Gasteiger partial charge in [0, 0.05) is 0 Å². The second kappa shape index (κ2) is 10.3. The molecule has 0 saturated heterocycles. The molecule has 39 heavy (non-hydrogen) atoms. The quantitative estimate of drug-likeness (QED) is 0.217. The van der Waals surface area contributed by atoms with E-state index in [0.717, 1.165) is 16.7 Å². The Kier molecular flexibility index (Phi) is 6.37. The Morgan fingerprint density at radius 1 is 0.590 bits per heavy atom. The van der Waals surface area contributed by atoms with E-state index in [0.29, 0.717) is 5.56 Å². The van der Waals surface area contributed by atoms with Crippen LogP contribution >= 0.6 is 0 Å². The second-order valence-corrected chi connectivity index (χ2v) is 9.62. The van der Waals surface area contributed by atoms with E-state index in [1.807, 2.05) is 37.3 Å². The SMILES string of the molecule is C=Cc1c(/C=C\C)cccc1-c1c2ccccc2c(-c2ccc(-c3ccc(C#N)cc3)cc2)c2ccccc12. The molecule has 1 nitrogen and oxygen atoms in total. The van der Waals surface area contributed by atoms with E-state index in [4.69, 9.17) is 5.26 Å². The highest BCUT2D eigenvalue weighted by molar-refractivity contribution is 6.22. The van der Waals surface area contributed by atoms with Gasteiger partial charge in [-0.25, -0.2) is 0 Å². The molecule has 0 aromatic heterocycles. The lowest BCUT2D eigenvalue weighted by Crippen LogP contribution is -1.93. The zero-order valence-electron chi connectivity index (χ0n) is 21.9. The summed E-state index contributed by atoms with van der Waals surface area (Å²) in [7, 11) is 0. The molecule has 0 aliphatic heterocycles. The van der Waals surface area contributed by atoms with E-state index in [1.54, 1.807) is 0 Å². The highest BCUT2D eigenvalue weighted by Gasteiger charge is 2.18. The number of benzene rings is 6. The van der Waals surface area contributed by atoms with Crippen molar-refractivity contribution in [1.29, 1.82) is 5.26 Å². The lowest BCUT2D eigenvalue weighted by Gasteiger charge is -2.19. The molecule has 0 saturated carbocycles. The van der Waals surface area contributed by atoms with E-state index in [2.05, 4.69) is 116 Å². The van der Waals surface area contributed by atoms with Crippen molar-refractivity contribution in [3.63, 3.8) is 0 Å². The average molecular weight is 498 g/mol. The number of fused-ring (bicyclic) bond motifs is 2. The number of rotatable bonds is 5. The first-order valence-electron chi connectivity index (χ1n) is 13.2. The molecule has 0 fully saturated rings. The molecule has 0 spiro atoms. The number of nitriles is 1. The second-order valence-electron chi connectivity index (χ2n) is 9.62. The van der Waals surface area contributed by atoms with Crippen molar-refractivity contribution in [3.05, 3.63) is 145 Å². The van der Waals surface area contributed by atoms with Crippen molar-refractivity contribution in [2.75, 3.05) is 0 Å². The summed E-state index contributed by atoms with van der Waals surface area (Å²) in [5, 5.41) is 14.0. The van der Waals surface area contributed by atoms with E-state index in [1.165, 1.54) is 49.4 Å². The maximum atomic E-state index is 9.14. The van der Waals surface area contributed by atoms with E-state index < -0.39 is 0 Å². The van der Waals surface area contributed by atoms with Crippen molar-refractivity contribution in [1.82, 2.24) is 0 Å². The first-order valence-corrected chi connectivity index (χ1v) is 13.2. The van der Waals surface area contributed by atoms with E-state index >= 15 is 0 Å². The standard InChI is InChI=1S/C38H27N/c1-3-10-29-11-9-16-32(31(29)4-2)38-35-14-7-5-12-33(35)37(34-13-6-8-15-36(34)38)30-23-21-28(22-24-30)27-19-17-26(25-39)18-20-27/h3-24H,2H2,1H3/b10-3-. The number of allylic oxidation sites excluding steroid dienone is 1. The van der Waals surface area contributed by atoms with Gasteiger partial charge in [0.05, 0.1) is 11.6 Å². The molecule has 6 aromatic carbocycles. The molecular weight excluding hydrogens is 470 g/mol. The van der Waals surface area contributed by atoms with Crippen LogP contribution in [0.15, 0.2) is 128 Å². The third kappa shape index (κ3) is 4.23. The summed E-state index contributed by atoms with van der Waals surface area (Å²) in [4.78, 5) is 0. The summed E-state index contributed by atoms with van der Waals surface area (Å²) < 4.78 is 0. The van der Waals surface area contributed by atoms with E-state index in [9.17, 15) is 0 Å². The highest BCUT2D eigenvalue weighted by Crippen LogP contribution is 2.45. The summed E-state index contributed by atoms with van der Waals surface area (Å²) in [5.41, 5.74) is 10.1. The van der Waals surface area contributed by atoms with E-state index in [-0.39, 0.29) is 0 Å². The topological polar surface area (TPSA) is 23.8 Å². The van der Waals surface area contributed by atoms with Crippen molar-refractivity contribution in [2.45, 2.75) is 6.92 Å². The lowest BCUT2D eigenvalue weighted by atomic mass is 9.84.